The zero-order valence-corrected chi connectivity index (χ0v) is 14.1. The lowest BCUT2D eigenvalue weighted by atomic mass is 10.1. The third kappa shape index (κ3) is 4.62. The first kappa shape index (κ1) is 17.6. The number of carbonyl (C=O) groups excluding carboxylic acids is 2. The van der Waals surface area contributed by atoms with Crippen molar-refractivity contribution in [2.75, 3.05) is 0 Å². The van der Waals surface area contributed by atoms with Gasteiger partial charge < -0.3 is 19.8 Å². The molecule has 0 radical (unpaired) electrons. The van der Waals surface area contributed by atoms with Crippen LogP contribution in [0.25, 0.3) is 10.9 Å². The van der Waals surface area contributed by atoms with E-state index in [1.54, 1.807) is 20.8 Å². The summed E-state index contributed by atoms with van der Waals surface area (Å²) in [5.41, 5.74) is 1.20. The van der Waals surface area contributed by atoms with E-state index in [-0.39, 0.29) is 6.42 Å². The summed E-state index contributed by atoms with van der Waals surface area (Å²) in [6, 6.07) is 6.85. The van der Waals surface area contributed by atoms with Gasteiger partial charge in [-0.05, 0) is 32.4 Å². The van der Waals surface area contributed by atoms with Crippen LogP contribution in [0.2, 0.25) is 0 Å². The van der Waals surface area contributed by atoms with E-state index in [2.05, 4.69) is 16.9 Å². The van der Waals surface area contributed by atoms with Gasteiger partial charge in [0.2, 0.25) is 0 Å². The zero-order valence-electron chi connectivity index (χ0n) is 14.1. The second-order valence-corrected chi connectivity index (χ2v) is 6.37. The lowest BCUT2D eigenvalue weighted by molar-refractivity contribution is -0.140. The summed E-state index contributed by atoms with van der Waals surface area (Å²) < 4.78 is 10.1. The summed E-state index contributed by atoms with van der Waals surface area (Å²) in [6.45, 7) is 8.64. The summed E-state index contributed by atoms with van der Waals surface area (Å²) in [5, 5.41) is 3.55. The smallest absolute Gasteiger partial charge is 0.408 e. The summed E-state index contributed by atoms with van der Waals surface area (Å²) in [7, 11) is 0. The van der Waals surface area contributed by atoms with Crippen LogP contribution in [0.5, 0.6) is 0 Å². The van der Waals surface area contributed by atoms with Crippen molar-refractivity contribution in [3.05, 3.63) is 48.9 Å². The Kier molecular flexibility index (Phi) is 5.28. The van der Waals surface area contributed by atoms with E-state index in [1.165, 1.54) is 0 Å². The van der Waals surface area contributed by atoms with Gasteiger partial charge in [0.1, 0.15) is 11.6 Å². The molecule has 2 rings (SSSR count). The van der Waals surface area contributed by atoms with Gasteiger partial charge >= 0.3 is 12.1 Å². The molecular weight excluding hydrogens is 308 g/mol. The lowest BCUT2D eigenvalue weighted by Crippen LogP contribution is -2.45. The van der Waals surface area contributed by atoms with E-state index in [4.69, 9.17) is 9.47 Å². The lowest BCUT2D eigenvalue weighted by Gasteiger charge is -2.22. The maximum Gasteiger partial charge on any atom is 0.408 e. The van der Waals surface area contributed by atoms with Crippen molar-refractivity contribution in [1.82, 2.24) is 10.3 Å². The second-order valence-electron chi connectivity index (χ2n) is 6.37. The first-order valence-corrected chi connectivity index (χ1v) is 7.66. The van der Waals surface area contributed by atoms with Gasteiger partial charge in [-0.15, -0.1) is 0 Å². The Morgan fingerprint density at radius 2 is 2.04 bits per heavy atom. The number of rotatable bonds is 5. The molecule has 1 heterocycles. The number of alkyl carbamates (subject to hydrolysis) is 1. The number of aromatic nitrogens is 1. The van der Waals surface area contributed by atoms with Gasteiger partial charge in [-0.25, -0.2) is 9.59 Å². The topological polar surface area (TPSA) is 80.4 Å². The summed E-state index contributed by atoms with van der Waals surface area (Å²) in [5.74, 6) is -0.596. The number of H-pyrrole nitrogens is 1. The molecule has 128 valence electrons. The molecule has 1 aromatic heterocycles. The molecule has 6 heteroatoms. The first-order valence-electron chi connectivity index (χ1n) is 7.66. The Bertz CT molecular complexity index is 743. The van der Waals surface area contributed by atoms with Gasteiger partial charge in [-0.2, -0.15) is 0 Å². The van der Waals surface area contributed by atoms with Crippen LogP contribution in [-0.2, 0) is 20.7 Å². The Morgan fingerprint density at radius 1 is 1.33 bits per heavy atom. The van der Waals surface area contributed by atoms with Gasteiger partial charge in [0.15, 0.2) is 0 Å². The van der Waals surface area contributed by atoms with Crippen molar-refractivity contribution in [3.63, 3.8) is 0 Å². The summed E-state index contributed by atoms with van der Waals surface area (Å²) >= 11 is 0. The molecule has 0 aliphatic carbocycles. The minimum absolute atomic E-state index is 0.274. The van der Waals surface area contributed by atoms with E-state index in [1.807, 2.05) is 30.5 Å². The fraction of sp³-hybridized carbons (Fsp3) is 0.333. The maximum absolute atomic E-state index is 12.1. The number of fused-ring (bicyclic) bond motifs is 1. The highest BCUT2D eigenvalue weighted by atomic mass is 16.6. The highest BCUT2D eigenvalue weighted by molar-refractivity contribution is 5.86. The van der Waals surface area contributed by atoms with Gasteiger partial charge in [0, 0.05) is 23.5 Å². The summed E-state index contributed by atoms with van der Waals surface area (Å²) in [6.07, 6.45) is 2.46. The zero-order chi connectivity index (χ0) is 17.7. The van der Waals surface area contributed by atoms with Crippen molar-refractivity contribution < 1.29 is 19.1 Å². The molecule has 0 aliphatic rings. The molecule has 0 unspecified atom stereocenters. The molecule has 0 aliphatic heterocycles. The van der Waals surface area contributed by atoms with Crippen LogP contribution in [0.15, 0.2) is 43.3 Å². The highest BCUT2D eigenvalue weighted by Crippen LogP contribution is 2.19. The van der Waals surface area contributed by atoms with E-state index in [9.17, 15) is 9.59 Å². The van der Waals surface area contributed by atoms with Crippen LogP contribution >= 0.6 is 0 Å². The predicted octanol–water partition coefficient (Wildman–Crippen LogP) is 3.29. The molecule has 2 N–H and O–H groups in total. The minimum Gasteiger partial charge on any atom is -0.444 e. The molecule has 24 heavy (non-hydrogen) atoms. The number of ether oxygens (including phenoxy) is 2. The standard InChI is InChI=1S/C18H22N2O4/c1-5-23-16(21)15(20-17(22)24-18(2,3)4)10-12-11-19-14-9-7-6-8-13(12)14/h5-9,11,15,19H,1,10H2,2-4H3,(H,20,22)/t15-/m0/s1. The molecule has 0 fully saturated rings. The quantitative estimate of drug-likeness (QED) is 0.651. The third-order valence-electron chi connectivity index (χ3n) is 3.27. The van der Waals surface area contributed by atoms with Crippen molar-refractivity contribution in [2.24, 2.45) is 0 Å². The number of nitrogens with one attached hydrogen (secondary N) is 2. The van der Waals surface area contributed by atoms with E-state index < -0.39 is 23.7 Å². The van der Waals surface area contributed by atoms with Gasteiger partial charge in [-0.3, -0.25) is 0 Å². The largest absolute Gasteiger partial charge is 0.444 e. The molecule has 0 bridgehead atoms. The number of amides is 1. The Morgan fingerprint density at radius 3 is 2.71 bits per heavy atom. The number of para-hydroxylation sites is 1. The third-order valence-corrected chi connectivity index (χ3v) is 3.27. The Hall–Kier alpha value is -2.76. The number of aromatic amines is 1. The Labute approximate surface area is 140 Å². The number of carbonyl (C=O) groups is 2. The Balaban J connectivity index is 2.18. The van der Waals surface area contributed by atoms with Crippen LogP contribution in [0, 0.1) is 0 Å². The normalized spacial score (nSPS) is 12.5. The fourth-order valence-corrected chi connectivity index (χ4v) is 2.33. The second kappa shape index (κ2) is 7.21. The highest BCUT2D eigenvalue weighted by Gasteiger charge is 2.26. The van der Waals surface area contributed by atoms with E-state index in [0.29, 0.717) is 0 Å². The van der Waals surface area contributed by atoms with Gasteiger partial charge in [0.05, 0.1) is 6.26 Å². The summed E-state index contributed by atoms with van der Waals surface area (Å²) in [4.78, 5) is 27.3. The average Bonchev–Trinajstić information content (AvgIpc) is 2.88. The molecule has 1 atom stereocenters. The predicted molar refractivity (Wildman–Crippen MR) is 91.4 cm³/mol. The number of hydrogen-bond donors (Lipinski definition) is 2. The van der Waals surface area contributed by atoms with Crippen LogP contribution in [0.4, 0.5) is 4.79 Å². The van der Waals surface area contributed by atoms with Crippen LogP contribution in [-0.4, -0.2) is 28.7 Å². The van der Waals surface area contributed by atoms with Crippen molar-refractivity contribution in [3.8, 4) is 0 Å². The number of hydrogen-bond acceptors (Lipinski definition) is 4. The SMILES string of the molecule is C=COC(=O)[C@H](Cc1c[nH]c2ccccc12)NC(=O)OC(C)(C)C. The average molecular weight is 330 g/mol. The molecule has 6 nitrogen and oxygen atoms in total. The molecule has 0 saturated heterocycles. The van der Waals surface area contributed by atoms with Crippen molar-refractivity contribution in [1.29, 1.82) is 0 Å². The number of benzene rings is 1. The van der Waals surface area contributed by atoms with Crippen molar-refractivity contribution >= 4 is 23.0 Å². The first-order chi connectivity index (χ1) is 11.3. The number of esters is 1. The molecule has 0 saturated carbocycles. The van der Waals surface area contributed by atoms with E-state index in [0.717, 1.165) is 22.7 Å². The van der Waals surface area contributed by atoms with Crippen molar-refractivity contribution in [2.45, 2.75) is 38.8 Å². The maximum atomic E-state index is 12.1. The minimum atomic E-state index is -0.878. The molecule has 0 spiro atoms. The van der Waals surface area contributed by atoms with E-state index >= 15 is 0 Å². The molecular formula is C18H22N2O4. The molecule has 1 amide bonds. The van der Waals surface area contributed by atoms with Gasteiger partial charge in [-0.1, -0.05) is 24.8 Å². The molecule has 2 aromatic rings. The monoisotopic (exact) mass is 330 g/mol. The van der Waals surface area contributed by atoms with Gasteiger partial charge in [0.25, 0.3) is 0 Å². The van der Waals surface area contributed by atoms with Crippen LogP contribution in [0.1, 0.15) is 26.3 Å². The fourth-order valence-electron chi connectivity index (χ4n) is 2.33. The van der Waals surface area contributed by atoms with Crippen LogP contribution < -0.4 is 5.32 Å². The molecule has 1 aromatic carbocycles. The van der Waals surface area contributed by atoms with Crippen LogP contribution in [0.3, 0.4) is 0 Å².